The number of amides is 1. The van der Waals surface area contributed by atoms with Gasteiger partial charge in [0.2, 0.25) is 5.91 Å². The molecule has 0 bridgehead atoms. The number of hydrogen-bond donors (Lipinski definition) is 2. The van der Waals surface area contributed by atoms with Crippen LogP contribution in [-0.4, -0.2) is 17.4 Å². The van der Waals surface area contributed by atoms with Crippen LogP contribution < -0.4 is 11.1 Å². The summed E-state index contributed by atoms with van der Waals surface area (Å²) in [5.74, 6) is -0.152. The summed E-state index contributed by atoms with van der Waals surface area (Å²) in [6, 6.07) is 0. The maximum absolute atomic E-state index is 10.7. The Labute approximate surface area is 74.8 Å². The molecule has 0 aliphatic heterocycles. The maximum atomic E-state index is 10.7. The Hall–Kier alpha value is -0.940. The first-order chi connectivity index (χ1) is 5.72. The van der Waals surface area contributed by atoms with Crippen LogP contribution in [0.25, 0.3) is 0 Å². The number of thiazole rings is 1. The van der Waals surface area contributed by atoms with E-state index in [1.165, 1.54) is 0 Å². The molecule has 0 saturated carbocycles. The molecule has 5 heteroatoms. The van der Waals surface area contributed by atoms with Crippen molar-refractivity contribution in [3.63, 3.8) is 0 Å². The number of aryl methyl sites for hydroxylation is 1. The highest BCUT2D eigenvalue weighted by Crippen LogP contribution is 2.06. The van der Waals surface area contributed by atoms with Gasteiger partial charge in [-0.2, -0.15) is 0 Å². The van der Waals surface area contributed by atoms with Gasteiger partial charge in [-0.3, -0.25) is 4.79 Å². The number of rotatable bonds is 3. The molecule has 1 amide bonds. The minimum Gasteiger partial charge on any atom is -0.349 e. The molecular formula is C7H11N3OS. The zero-order valence-corrected chi connectivity index (χ0v) is 7.65. The normalized spacial score (nSPS) is 9.83. The molecule has 0 aliphatic carbocycles. The van der Waals surface area contributed by atoms with Crippen LogP contribution in [0.15, 0.2) is 5.38 Å². The molecule has 1 heterocycles. The van der Waals surface area contributed by atoms with Gasteiger partial charge in [-0.15, -0.1) is 11.3 Å². The number of carbonyl (C=O) groups is 1. The van der Waals surface area contributed by atoms with Gasteiger partial charge in [0.15, 0.2) is 0 Å². The number of carbonyl (C=O) groups excluding carboxylic acids is 1. The quantitative estimate of drug-likeness (QED) is 0.698. The highest BCUT2D eigenvalue weighted by molar-refractivity contribution is 7.09. The minimum atomic E-state index is -0.152. The van der Waals surface area contributed by atoms with E-state index in [1.54, 1.807) is 11.3 Å². The minimum absolute atomic E-state index is 0.0309. The van der Waals surface area contributed by atoms with Crippen LogP contribution in [0.3, 0.4) is 0 Å². The molecule has 1 aromatic rings. The highest BCUT2D eigenvalue weighted by Gasteiger charge is 2.00. The van der Waals surface area contributed by atoms with Gasteiger partial charge in [-0.25, -0.2) is 4.98 Å². The molecule has 0 spiro atoms. The van der Waals surface area contributed by atoms with E-state index in [2.05, 4.69) is 10.3 Å². The third-order valence-electron chi connectivity index (χ3n) is 1.32. The van der Waals surface area contributed by atoms with Crippen LogP contribution in [0.2, 0.25) is 0 Å². The third-order valence-corrected chi connectivity index (χ3v) is 2.14. The molecule has 1 rings (SSSR count). The second-order valence-electron chi connectivity index (χ2n) is 2.34. The topological polar surface area (TPSA) is 68.0 Å². The average Bonchev–Trinajstić information content (AvgIpc) is 2.47. The standard InChI is InChI=1S/C7H11N3OS/c1-5-10-6(4-12-5)3-9-7(11)2-8/h4H,2-3,8H2,1H3,(H,9,11). The summed E-state index contributed by atoms with van der Waals surface area (Å²) in [7, 11) is 0. The molecule has 0 fully saturated rings. The lowest BCUT2D eigenvalue weighted by atomic mass is 10.4. The van der Waals surface area contributed by atoms with Crippen molar-refractivity contribution in [2.45, 2.75) is 13.5 Å². The van der Waals surface area contributed by atoms with Gasteiger partial charge in [0.25, 0.3) is 0 Å². The van der Waals surface area contributed by atoms with E-state index >= 15 is 0 Å². The SMILES string of the molecule is Cc1nc(CNC(=O)CN)cs1. The summed E-state index contributed by atoms with van der Waals surface area (Å²) >= 11 is 1.57. The molecule has 3 N–H and O–H groups in total. The molecule has 0 unspecified atom stereocenters. The molecule has 4 nitrogen and oxygen atoms in total. The third kappa shape index (κ3) is 2.60. The van der Waals surface area contributed by atoms with Gasteiger partial charge < -0.3 is 11.1 Å². The Morgan fingerprint density at radius 1 is 1.83 bits per heavy atom. The van der Waals surface area contributed by atoms with E-state index < -0.39 is 0 Å². The second-order valence-corrected chi connectivity index (χ2v) is 3.40. The van der Waals surface area contributed by atoms with Crippen molar-refractivity contribution < 1.29 is 4.79 Å². The van der Waals surface area contributed by atoms with Crippen molar-refractivity contribution in [3.8, 4) is 0 Å². The van der Waals surface area contributed by atoms with Crippen molar-refractivity contribution in [2.75, 3.05) is 6.54 Å². The zero-order valence-electron chi connectivity index (χ0n) is 6.83. The Bertz CT molecular complexity index is 271. The van der Waals surface area contributed by atoms with Gasteiger partial charge in [-0.1, -0.05) is 0 Å². The smallest absolute Gasteiger partial charge is 0.234 e. The Morgan fingerprint density at radius 2 is 2.58 bits per heavy atom. The number of nitrogens with two attached hydrogens (primary N) is 1. The first-order valence-electron chi connectivity index (χ1n) is 3.60. The molecule has 0 atom stereocenters. The highest BCUT2D eigenvalue weighted by atomic mass is 32.1. The van der Waals surface area contributed by atoms with E-state index in [9.17, 15) is 4.79 Å². The summed E-state index contributed by atoms with van der Waals surface area (Å²) in [5, 5.41) is 5.57. The Balaban J connectivity index is 2.38. The van der Waals surface area contributed by atoms with Gasteiger partial charge in [0, 0.05) is 5.38 Å². The number of nitrogens with one attached hydrogen (secondary N) is 1. The number of aromatic nitrogens is 1. The molecular weight excluding hydrogens is 174 g/mol. The fraction of sp³-hybridized carbons (Fsp3) is 0.429. The van der Waals surface area contributed by atoms with Gasteiger partial charge in [-0.05, 0) is 6.92 Å². The van der Waals surface area contributed by atoms with Crippen LogP contribution in [0.4, 0.5) is 0 Å². The van der Waals surface area contributed by atoms with Gasteiger partial charge >= 0.3 is 0 Å². The number of hydrogen-bond acceptors (Lipinski definition) is 4. The fourth-order valence-corrected chi connectivity index (χ4v) is 1.36. The van der Waals surface area contributed by atoms with Crippen molar-refractivity contribution in [2.24, 2.45) is 5.73 Å². The van der Waals surface area contributed by atoms with Crippen LogP contribution in [0, 0.1) is 6.92 Å². The van der Waals surface area contributed by atoms with Gasteiger partial charge in [0.05, 0.1) is 23.8 Å². The van der Waals surface area contributed by atoms with Crippen LogP contribution in [0.5, 0.6) is 0 Å². The second kappa shape index (κ2) is 4.18. The Morgan fingerprint density at radius 3 is 3.08 bits per heavy atom. The van der Waals surface area contributed by atoms with Crippen molar-refractivity contribution in [1.29, 1.82) is 0 Å². The average molecular weight is 185 g/mol. The molecule has 1 aromatic heterocycles. The predicted octanol–water partition coefficient (Wildman–Crippen LogP) is 0.0264. The molecule has 66 valence electrons. The maximum Gasteiger partial charge on any atom is 0.234 e. The number of nitrogens with zero attached hydrogens (tertiary/aromatic N) is 1. The zero-order chi connectivity index (χ0) is 8.97. The summed E-state index contributed by atoms with van der Waals surface area (Å²) in [6.07, 6.45) is 0. The van der Waals surface area contributed by atoms with Crippen LogP contribution >= 0.6 is 11.3 Å². The van der Waals surface area contributed by atoms with E-state index in [0.717, 1.165) is 10.7 Å². The van der Waals surface area contributed by atoms with E-state index in [4.69, 9.17) is 5.73 Å². The molecule has 0 aromatic carbocycles. The van der Waals surface area contributed by atoms with Crippen molar-refractivity contribution in [3.05, 3.63) is 16.1 Å². The first kappa shape index (κ1) is 9.15. The van der Waals surface area contributed by atoms with Crippen LogP contribution in [-0.2, 0) is 11.3 Å². The van der Waals surface area contributed by atoms with Crippen molar-refractivity contribution in [1.82, 2.24) is 10.3 Å². The van der Waals surface area contributed by atoms with Crippen LogP contribution in [0.1, 0.15) is 10.7 Å². The molecule has 12 heavy (non-hydrogen) atoms. The molecule has 0 saturated heterocycles. The van der Waals surface area contributed by atoms with E-state index in [1.807, 2.05) is 12.3 Å². The Kier molecular flexibility index (Phi) is 3.19. The summed E-state index contributed by atoms with van der Waals surface area (Å²) in [5.41, 5.74) is 6.00. The molecule has 0 radical (unpaired) electrons. The lowest BCUT2D eigenvalue weighted by molar-refractivity contribution is -0.119. The lowest BCUT2D eigenvalue weighted by Gasteiger charge is -1.98. The monoisotopic (exact) mass is 185 g/mol. The van der Waals surface area contributed by atoms with Gasteiger partial charge in [0.1, 0.15) is 0 Å². The van der Waals surface area contributed by atoms with Crippen molar-refractivity contribution >= 4 is 17.2 Å². The summed E-state index contributed by atoms with van der Waals surface area (Å²) < 4.78 is 0. The van der Waals surface area contributed by atoms with E-state index in [0.29, 0.717) is 6.54 Å². The lowest BCUT2D eigenvalue weighted by Crippen LogP contribution is -2.29. The molecule has 0 aliphatic rings. The summed E-state index contributed by atoms with van der Waals surface area (Å²) in [6.45, 7) is 2.43. The fourth-order valence-electron chi connectivity index (χ4n) is 0.751. The summed E-state index contributed by atoms with van der Waals surface area (Å²) in [4.78, 5) is 14.9. The largest absolute Gasteiger partial charge is 0.349 e. The first-order valence-corrected chi connectivity index (χ1v) is 4.48. The van der Waals surface area contributed by atoms with E-state index in [-0.39, 0.29) is 12.5 Å². The predicted molar refractivity (Wildman–Crippen MR) is 47.8 cm³/mol.